The van der Waals surface area contributed by atoms with E-state index >= 15 is 0 Å². The van der Waals surface area contributed by atoms with E-state index < -0.39 is 29.0 Å². The van der Waals surface area contributed by atoms with Crippen LogP contribution in [0, 0.1) is 10.1 Å². The van der Waals surface area contributed by atoms with Crippen molar-refractivity contribution in [3.63, 3.8) is 0 Å². The summed E-state index contributed by atoms with van der Waals surface area (Å²) in [5.74, 6) is -0.448. The van der Waals surface area contributed by atoms with E-state index in [4.69, 9.17) is 10.8 Å². The van der Waals surface area contributed by atoms with Crippen molar-refractivity contribution in [2.45, 2.75) is 6.04 Å². The molecular weight excluding hydrogens is 188 g/mol. The summed E-state index contributed by atoms with van der Waals surface area (Å²) in [6, 6.07) is 3.18. The molecule has 6 heteroatoms. The average Bonchev–Trinajstić information content (AvgIpc) is 2.15. The molecular formula is C8H10N2O4. The molecule has 0 saturated carbocycles. The third-order valence-corrected chi connectivity index (χ3v) is 1.82. The van der Waals surface area contributed by atoms with Gasteiger partial charge in [-0.15, -0.1) is 0 Å². The molecule has 1 aromatic carbocycles. The minimum Gasteiger partial charge on any atom is -0.502 e. The Morgan fingerprint density at radius 2 is 2.21 bits per heavy atom. The van der Waals surface area contributed by atoms with Gasteiger partial charge in [0.05, 0.1) is 23.1 Å². The van der Waals surface area contributed by atoms with Crippen LogP contribution in [0.1, 0.15) is 11.6 Å². The van der Waals surface area contributed by atoms with Gasteiger partial charge in [-0.3, -0.25) is 10.1 Å². The van der Waals surface area contributed by atoms with Crippen molar-refractivity contribution in [2.75, 3.05) is 6.61 Å². The lowest BCUT2D eigenvalue weighted by molar-refractivity contribution is -0.386. The molecule has 0 saturated heterocycles. The SMILES string of the molecule is N[C@@H](CO)c1cccc(O)c1[N+](=O)[O-]. The molecule has 0 bridgehead atoms. The van der Waals surface area contributed by atoms with Crippen LogP contribution in [0.4, 0.5) is 5.69 Å². The number of para-hydroxylation sites is 1. The summed E-state index contributed by atoms with van der Waals surface area (Å²) in [7, 11) is 0. The summed E-state index contributed by atoms with van der Waals surface area (Å²) in [5, 5.41) is 28.6. The molecule has 0 amide bonds. The molecule has 14 heavy (non-hydrogen) atoms. The molecule has 0 spiro atoms. The molecule has 0 unspecified atom stereocenters. The van der Waals surface area contributed by atoms with Crippen molar-refractivity contribution < 1.29 is 15.1 Å². The van der Waals surface area contributed by atoms with Crippen molar-refractivity contribution in [2.24, 2.45) is 5.73 Å². The van der Waals surface area contributed by atoms with Gasteiger partial charge in [0.1, 0.15) is 0 Å². The molecule has 1 rings (SSSR count). The molecule has 0 fully saturated rings. The summed E-state index contributed by atoms with van der Waals surface area (Å²) >= 11 is 0. The molecule has 6 nitrogen and oxygen atoms in total. The fourth-order valence-electron chi connectivity index (χ4n) is 1.15. The van der Waals surface area contributed by atoms with Gasteiger partial charge in [-0.05, 0) is 6.07 Å². The molecule has 4 N–H and O–H groups in total. The minimum atomic E-state index is -0.859. The highest BCUT2D eigenvalue weighted by atomic mass is 16.6. The van der Waals surface area contributed by atoms with Gasteiger partial charge in [0.15, 0.2) is 5.75 Å². The monoisotopic (exact) mass is 198 g/mol. The van der Waals surface area contributed by atoms with Gasteiger partial charge < -0.3 is 15.9 Å². The van der Waals surface area contributed by atoms with E-state index in [1.807, 2.05) is 0 Å². The van der Waals surface area contributed by atoms with E-state index in [1.165, 1.54) is 18.2 Å². The zero-order valence-corrected chi connectivity index (χ0v) is 7.25. The number of hydrogen-bond donors (Lipinski definition) is 3. The van der Waals surface area contributed by atoms with Crippen LogP contribution in [0.15, 0.2) is 18.2 Å². The Kier molecular flexibility index (Phi) is 3.00. The number of hydrogen-bond acceptors (Lipinski definition) is 5. The van der Waals surface area contributed by atoms with E-state index in [9.17, 15) is 15.2 Å². The first kappa shape index (κ1) is 10.4. The summed E-state index contributed by atoms with van der Waals surface area (Å²) in [6.07, 6.45) is 0. The normalized spacial score (nSPS) is 12.4. The largest absolute Gasteiger partial charge is 0.502 e. The van der Waals surface area contributed by atoms with Gasteiger partial charge in [0.25, 0.3) is 0 Å². The number of aliphatic hydroxyl groups excluding tert-OH is 1. The fourth-order valence-corrected chi connectivity index (χ4v) is 1.15. The number of nitro groups is 1. The molecule has 1 aromatic rings. The lowest BCUT2D eigenvalue weighted by Gasteiger charge is -2.09. The van der Waals surface area contributed by atoms with Gasteiger partial charge in [0, 0.05) is 0 Å². The van der Waals surface area contributed by atoms with Crippen molar-refractivity contribution in [1.82, 2.24) is 0 Å². The predicted octanol–water partition coefficient (Wildman–Crippen LogP) is 0.292. The second kappa shape index (κ2) is 4.03. The maximum absolute atomic E-state index is 10.6. The quantitative estimate of drug-likeness (QED) is 0.477. The first-order chi connectivity index (χ1) is 6.57. The summed E-state index contributed by atoms with van der Waals surface area (Å²) in [5.41, 5.74) is 5.11. The number of nitrogens with zero attached hydrogens (tertiary/aromatic N) is 1. The van der Waals surface area contributed by atoms with Gasteiger partial charge in [-0.2, -0.15) is 0 Å². The third-order valence-electron chi connectivity index (χ3n) is 1.82. The zero-order chi connectivity index (χ0) is 10.7. The lowest BCUT2D eigenvalue weighted by atomic mass is 10.1. The first-order valence-corrected chi connectivity index (χ1v) is 3.90. The Labute approximate surface area is 79.7 Å². The first-order valence-electron chi connectivity index (χ1n) is 3.90. The van der Waals surface area contributed by atoms with Crippen LogP contribution < -0.4 is 5.73 Å². The molecule has 0 aromatic heterocycles. The number of phenolic OH excluding ortho intramolecular Hbond substituents is 1. The molecule has 0 aliphatic carbocycles. The highest BCUT2D eigenvalue weighted by Gasteiger charge is 2.22. The lowest BCUT2D eigenvalue weighted by Crippen LogP contribution is -2.16. The number of benzene rings is 1. The molecule has 0 radical (unpaired) electrons. The Morgan fingerprint density at radius 1 is 1.57 bits per heavy atom. The standard InChI is InChI=1S/C8H10N2O4/c9-6(4-11)5-2-1-3-7(12)8(5)10(13)14/h1-3,6,11-12H,4,9H2/t6-/m0/s1. The highest BCUT2D eigenvalue weighted by molar-refractivity contribution is 5.53. The number of aromatic hydroxyl groups is 1. The smallest absolute Gasteiger partial charge is 0.315 e. The number of nitro benzene ring substituents is 1. The van der Waals surface area contributed by atoms with E-state index in [-0.39, 0.29) is 5.56 Å². The van der Waals surface area contributed by atoms with Crippen molar-refractivity contribution >= 4 is 5.69 Å². The van der Waals surface area contributed by atoms with Gasteiger partial charge in [0.2, 0.25) is 0 Å². The molecule has 0 aliphatic rings. The van der Waals surface area contributed by atoms with Crippen LogP contribution in [0.3, 0.4) is 0 Å². The van der Waals surface area contributed by atoms with E-state index in [0.717, 1.165) is 0 Å². The second-order valence-corrected chi connectivity index (χ2v) is 2.76. The summed E-state index contributed by atoms with van der Waals surface area (Å²) in [4.78, 5) is 9.85. The number of aliphatic hydroxyl groups is 1. The molecule has 76 valence electrons. The Morgan fingerprint density at radius 3 is 2.71 bits per heavy atom. The van der Waals surface area contributed by atoms with Crippen molar-refractivity contribution in [3.8, 4) is 5.75 Å². The van der Waals surface area contributed by atoms with Crippen molar-refractivity contribution in [1.29, 1.82) is 0 Å². The van der Waals surface area contributed by atoms with E-state index in [1.54, 1.807) is 0 Å². The van der Waals surface area contributed by atoms with Gasteiger partial charge in [-0.1, -0.05) is 12.1 Å². The van der Waals surface area contributed by atoms with Gasteiger partial charge in [-0.25, -0.2) is 0 Å². The summed E-state index contributed by atoms with van der Waals surface area (Å²) in [6.45, 7) is -0.412. The highest BCUT2D eigenvalue weighted by Crippen LogP contribution is 2.32. The third kappa shape index (κ3) is 1.81. The topological polar surface area (TPSA) is 110 Å². The van der Waals surface area contributed by atoms with Crippen LogP contribution in [0.2, 0.25) is 0 Å². The summed E-state index contributed by atoms with van der Waals surface area (Å²) < 4.78 is 0. The minimum absolute atomic E-state index is 0.123. The van der Waals surface area contributed by atoms with Crippen LogP contribution >= 0.6 is 0 Å². The van der Waals surface area contributed by atoms with E-state index in [2.05, 4.69) is 0 Å². The van der Waals surface area contributed by atoms with E-state index in [0.29, 0.717) is 0 Å². The van der Waals surface area contributed by atoms with Crippen LogP contribution in [-0.2, 0) is 0 Å². The Balaban J connectivity index is 3.28. The fraction of sp³-hybridized carbons (Fsp3) is 0.250. The maximum Gasteiger partial charge on any atom is 0.315 e. The molecule has 0 aliphatic heterocycles. The average molecular weight is 198 g/mol. The van der Waals surface area contributed by atoms with Crippen LogP contribution in [0.25, 0.3) is 0 Å². The molecule has 0 heterocycles. The zero-order valence-electron chi connectivity index (χ0n) is 7.25. The Hall–Kier alpha value is -1.66. The Bertz CT molecular complexity index is 353. The van der Waals surface area contributed by atoms with Crippen LogP contribution in [-0.4, -0.2) is 21.7 Å². The molecule has 1 atom stereocenters. The van der Waals surface area contributed by atoms with Crippen molar-refractivity contribution in [3.05, 3.63) is 33.9 Å². The second-order valence-electron chi connectivity index (χ2n) is 2.76. The number of nitrogens with two attached hydrogens (primary N) is 1. The van der Waals surface area contributed by atoms with Gasteiger partial charge >= 0.3 is 5.69 Å². The number of phenols is 1. The number of rotatable bonds is 3. The predicted molar refractivity (Wildman–Crippen MR) is 48.8 cm³/mol. The maximum atomic E-state index is 10.6. The van der Waals surface area contributed by atoms with Crippen LogP contribution in [0.5, 0.6) is 5.75 Å².